The van der Waals surface area contributed by atoms with Crippen molar-refractivity contribution in [1.82, 2.24) is 5.32 Å². The number of hydrogen-bond donors (Lipinski definition) is 2. The zero-order valence-electron chi connectivity index (χ0n) is 11.8. The van der Waals surface area contributed by atoms with E-state index in [0.717, 1.165) is 12.1 Å². The molecule has 5 nitrogen and oxygen atoms in total. The van der Waals surface area contributed by atoms with E-state index in [0.29, 0.717) is 6.42 Å². The molecule has 0 saturated carbocycles. The monoisotopic (exact) mass is 282 g/mol. The van der Waals surface area contributed by atoms with Gasteiger partial charge in [0.25, 0.3) is 5.91 Å². The number of nitrogen functional groups attached to an aromatic ring is 1. The molecule has 0 heterocycles. The van der Waals surface area contributed by atoms with Gasteiger partial charge in [-0.3, -0.25) is 4.79 Å². The minimum absolute atomic E-state index is 0.0696. The summed E-state index contributed by atoms with van der Waals surface area (Å²) in [5.74, 6) is -1.51. The molecule has 3 N–H and O–H groups in total. The first-order valence-electron chi connectivity index (χ1n) is 6.28. The number of nitrogens with one attached hydrogen (secondary N) is 1. The Morgan fingerprint density at radius 3 is 2.50 bits per heavy atom. The smallest absolute Gasteiger partial charge is 0.328 e. The molecule has 0 aliphatic heterocycles. The molecule has 1 unspecified atom stereocenters. The molecule has 0 aromatic heterocycles. The fraction of sp³-hybridized carbons (Fsp3) is 0.429. The van der Waals surface area contributed by atoms with Crippen molar-refractivity contribution in [2.75, 3.05) is 12.8 Å². The van der Waals surface area contributed by atoms with Crippen LogP contribution in [0, 0.1) is 11.7 Å². The van der Waals surface area contributed by atoms with Gasteiger partial charge < -0.3 is 15.8 Å². The van der Waals surface area contributed by atoms with Crippen LogP contribution in [0.2, 0.25) is 0 Å². The number of carbonyl (C=O) groups excluding carboxylic acids is 2. The minimum atomic E-state index is -0.767. The van der Waals surface area contributed by atoms with Gasteiger partial charge in [0.05, 0.1) is 7.11 Å². The van der Waals surface area contributed by atoms with Crippen molar-refractivity contribution in [3.8, 4) is 0 Å². The molecule has 0 aliphatic carbocycles. The Hall–Kier alpha value is -2.11. The molecule has 0 fully saturated rings. The largest absolute Gasteiger partial charge is 0.467 e. The fourth-order valence-corrected chi connectivity index (χ4v) is 1.81. The fourth-order valence-electron chi connectivity index (χ4n) is 1.81. The van der Waals surface area contributed by atoms with Crippen LogP contribution in [0.25, 0.3) is 0 Å². The third-order valence-electron chi connectivity index (χ3n) is 2.68. The highest BCUT2D eigenvalue weighted by atomic mass is 19.1. The number of methoxy groups -OCH3 is 1. The number of ether oxygens (including phenoxy) is 1. The summed E-state index contributed by atoms with van der Waals surface area (Å²) >= 11 is 0. The lowest BCUT2D eigenvalue weighted by Gasteiger charge is -2.18. The van der Waals surface area contributed by atoms with E-state index in [4.69, 9.17) is 5.73 Å². The third kappa shape index (κ3) is 4.53. The first kappa shape index (κ1) is 15.9. The standard InChI is InChI=1S/C14H19FN2O3/c1-8(2)4-12(14(19)20-3)17-13(18)9-5-10(15)7-11(16)6-9/h5-8,12H,4,16H2,1-3H3,(H,17,18). The van der Waals surface area contributed by atoms with Crippen LogP contribution in [0.1, 0.15) is 30.6 Å². The van der Waals surface area contributed by atoms with E-state index in [-0.39, 0.29) is 17.2 Å². The van der Waals surface area contributed by atoms with Crippen molar-refractivity contribution < 1.29 is 18.7 Å². The van der Waals surface area contributed by atoms with Crippen LogP contribution in [-0.2, 0) is 9.53 Å². The minimum Gasteiger partial charge on any atom is -0.467 e. The van der Waals surface area contributed by atoms with E-state index in [9.17, 15) is 14.0 Å². The summed E-state index contributed by atoms with van der Waals surface area (Å²) in [4.78, 5) is 23.6. The summed E-state index contributed by atoms with van der Waals surface area (Å²) in [5, 5.41) is 2.53. The number of esters is 1. The van der Waals surface area contributed by atoms with Gasteiger partial charge in [-0.05, 0) is 30.5 Å². The van der Waals surface area contributed by atoms with Crippen LogP contribution in [0.15, 0.2) is 18.2 Å². The molecule has 1 aromatic carbocycles. The molecule has 0 aliphatic rings. The lowest BCUT2D eigenvalue weighted by atomic mass is 10.0. The quantitative estimate of drug-likeness (QED) is 0.636. The number of nitrogens with two attached hydrogens (primary N) is 1. The summed E-state index contributed by atoms with van der Waals surface area (Å²) in [7, 11) is 1.25. The van der Waals surface area contributed by atoms with Gasteiger partial charge >= 0.3 is 5.97 Å². The molecule has 20 heavy (non-hydrogen) atoms. The number of hydrogen-bond acceptors (Lipinski definition) is 4. The van der Waals surface area contributed by atoms with E-state index in [2.05, 4.69) is 10.1 Å². The summed E-state index contributed by atoms with van der Waals surface area (Å²) in [6.45, 7) is 3.84. The number of amides is 1. The van der Waals surface area contributed by atoms with E-state index in [1.165, 1.54) is 13.2 Å². The van der Waals surface area contributed by atoms with Gasteiger partial charge in [0.15, 0.2) is 0 Å². The van der Waals surface area contributed by atoms with Crippen LogP contribution in [0.4, 0.5) is 10.1 Å². The van der Waals surface area contributed by atoms with E-state index < -0.39 is 23.7 Å². The predicted molar refractivity (Wildman–Crippen MR) is 73.5 cm³/mol. The van der Waals surface area contributed by atoms with Gasteiger partial charge in [0, 0.05) is 11.3 Å². The Kier molecular flexibility index (Phi) is 5.49. The molecule has 1 aromatic rings. The van der Waals surface area contributed by atoms with Crippen LogP contribution >= 0.6 is 0 Å². The normalized spacial score (nSPS) is 12.1. The van der Waals surface area contributed by atoms with Gasteiger partial charge in [-0.15, -0.1) is 0 Å². The number of rotatable bonds is 5. The van der Waals surface area contributed by atoms with E-state index in [1.807, 2.05) is 13.8 Å². The maximum Gasteiger partial charge on any atom is 0.328 e. The maximum absolute atomic E-state index is 13.2. The van der Waals surface area contributed by atoms with Crippen molar-refractivity contribution in [2.24, 2.45) is 5.92 Å². The second kappa shape index (κ2) is 6.88. The SMILES string of the molecule is COC(=O)C(CC(C)C)NC(=O)c1cc(N)cc(F)c1. The summed E-state index contributed by atoms with van der Waals surface area (Å²) in [6.07, 6.45) is 0.434. The Bertz CT molecular complexity index is 483. The number of anilines is 1. The summed E-state index contributed by atoms with van der Waals surface area (Å²) < 4.78 is 17.9. The van der Waals surface area contributed by atoms with Crippen LogP contribution in [0.5, 0.6) is 0 Å². The predicted octanol–water partition coefficient (Wildman–Crippen LogP) is 1.73. The topological polar surface area (TPSA) is 81.4 Å². The molecule has 0 spiro atoms. The molecular formula is C14H19FN2O3. The van der Waals surface area contributed by atoms with Gasteiger partial charge in [0.1, 0.15) is 11.9 Å². The lowest BCUT2D eigenvalue weighted by molar-refractivity contribution is -0.143. The third-order valence-corrected chi connectivity index (χ3v) is 2.68. The van der Waals surface area contributed by atoms with E-state index in [1.54, 1.807) is 0 Å². The second-order valence-corrected chi connectivity index (χ2v) is 4.95. The highest BCUT2D eigenvalue weighted by Gasteiger charge is 2.23. The first-order chi connectivity index (χ1) is 9.33. The van der Waals surface area contributed by atoms with Crippen molar-refractivity contribution in [2.45, 2.75) is 26.3 Å². The lowest BCUT2D eigenvalue weighted by Crippen LogP contribution is -2.42. The van der Waals surface area contributed by atoms with E-state index >= 15 is 0 Å². The van der Waals surface area contributed by atoms with Gasteiger partial charge in [0.2, 0.25) is 0 Å². The summed E-state index contributed by atoms with van der Waals surface area (Å²) in [5.41, 5.74) is 5.70. The molecule has 6 heteroatoms. The molecule has 0 radical (unpaired) electrons. The molecule has 0 bridgehead atoms. The Morgan fingerprint density at radius 1 is 1.35 bits per heavy atom. The Balaban J connectivity index is 2.87. The van der Waals surface area contributed by atoms with Crippen LogP contribution in [-0.4, -0.2) is 25.0 Å². The molecule has 1 amide bonds. The van der Waals surface area contributed by atoms with Gasteiger partial charge in [-0.25, -0.2) is 9.18 Å². The first-order valence-corrected chi connectivity index (χ1v) is 6.28. The zero-order chi connectivity index (χ0) is 15.3. The maximum atomic E-state index is 13.2. The zero-order valence-corrected chi connectivity index (χ0v) is 11.8. The Labute approximate surface area is 117 Å². The van der Waals surface area contributed by atoms with Crippen LogP contribution < -0.4 is 11.1 Å². The number of halogens is 1. The molecule has 1 rings (SSSR count). The molecular weight excluding hydrogens is 263 g/mol. The van der Waals surface area contributed by atoms with Gasteiger partial charge in [-0.2, -0.15) is 0 Å². The highest BCUT2D eigenvalue weighted by Crippen LogP contribution is 2.12. The highest BCUT2D eigenvalue weighted by molar-refractivity contribution is 5.97. The second-order valence-electron chi connectivity index (χ2n) is 4.95. The average Bonchev–Trinajstić information content (AvgIpc) is 2.35. The average molecular weight is 282 g/mol. The molecule has 110 valence electrons. The molecule has 1 atom stereocenters. The van der Waals surface area contributed by atoms with Gasteiger partial charge in [-0.1, -0.05) is 13.8 Å². The van der Waals surface area contributed by atoms with Crippen molar-refractivity contribution >= 4 is 17.6 Å². The summed E-state index contributed by atoms with van der Waals surface area (Å²) in [6, 6.07) is 2.76. The number of carbonyl (C=O) groups is 2. The van der Waals surface area contributed by atoms with Crippen molar-refractivity contribution in [1.29, 1.82) is 0 Å². The van der Waals surface area contributed by atoms with Crippen LogP contribution in [0.3, 0.4) is 0 Å². The van der Waals surface area contributed by atoms with Crippen molar-refractivity contribution in [3.05, 3.63) is 29.6 Å². The Morgan fingerprint density at radius 2 is 2.00 bits per heavy atom. The number of benzene rings is 1. The molecule has 0 saturated heterocycles. The van der Waals surface area contributed by atoms with Crippen molar-refractivity contribution in [3.63, 3.8) is 0 Å².